The zero-order chi connectivity index (χ0) is 21.1. The van der Waals surface area contributed by atoms with E-state index in [-0.39, 0.29) is 23.2 Å². The molecule has 5 nitrogen and oxygen atoms in total. The van der Waals surface area contributed by atoms with E-state index < -0.39 is 0 Å². The Morgan fingerprint density at radius 3 is 2.70 bits per heavy atom. The van der Waals surface area contributed by atoms with E-state index in [2.05, 4.69) is 10.3 Å². The number of rotatable bonds is 4. The van der Waals surface area contributed by atoms with E-state index in [4.69, 9.17) is 4.98 Å². The van der Waals surface area contributed by atoms with E-state index >= 15 is 0 Å². The fraction of sp³-hybridized carbons (Fsp3) is 0.292. The van der Waals surface area contributed by atoms with Gasteiger partial charge in [-0.25, -0.2) is 9.37 Å². The molecule has 6 heteroatoms. The first-order chi connectivity index (χ1) is 14.5. The lowest BCUT2D eigenvalue weighted by Gasteiger charge is -2.15. The number of aromatic amines is 1. The van der Waals surface area contributed by atoms with Gasteiger partial charge in [-0.1, -0.05) is 36.4 Å². The minimum atomic E-state index is -0.382. The van der Waals surface area contributed by atoms with Gasteiger partial charge in [-0.05, 0) is 56.2 Å². The van der Waals surface area contributed by atoms with Crippen LogP contribution in [0.5, 0.6) is 0 Å². The highest BCUT2D eigenvalue weighted by Crippen LogP contribution is 2.23. The smallest absolute Gasteiger partial charge is 0.254 e. The van der Waals surface area contributed by atoms with Crippen molar-refractivity contribution in [1.82, 2.24) is 15.3 Å². The van der Waals surface area contributed by atoms with Crippen LogP contribution in [0.3, 0.4) is 0 Å². The van der Waals surface area contributed by atoms with Crippen molar-refractivity contribution in [3.05, 3.63) is 87.1 Å². The maximum Gasteiger partial charge on any atom is 0.254 e. The molecule has 0 spiro atoms. The molecule has 0 saturated heterocycles. The summed E-state index contributed by atoms with van der Waals surface area (Å²) in [5.74, 6) is 0.163. The summed E-state index contributed by atoms with van der Waals surface area (Å²) in [4.78, 5) is 32.6. The molecular formula is C24H24FN3O2. The molecule has 154 valence electrons. The van der Waals surface area contributed by atoms with Crippen LogP contribution in [-0.4, -0.2) is 22.4 Å². The van der Waals surface area contributed by atoms with Crippen LogP contribution >= 0.6 is 0 Å². The summed E-state index contributed by atoms with van der Waals surface area (Å²) < 4.78 is 13.7. The zero-order valence-corrected chi connectivity index (χ0v) is 16.9. The molecule has 1 heterocycles. The molecule has 0 fully saturated rings. The third kappa shape index (κ3) is 4.32. The van der Waals surface area contributed by atoms with Gasteiger partial charge in [-0.2, -0.15) is 0 Å². The van der Waals surface area contributed by atoms with Crippen molar-refractivity contribution in [3.63, 3.8) is 0 Å². The first-order valence-corrected chi connectivity index (χ1v) is 10.2. The minimum Gasteiger partial charge on any atom is -0.352 e. The third-order valence-corrected chi connectivity index (χ3v) is 5.73. The van der Waals surface area contributed by atoms with Crippen LogP contribution in [0.1, 0.15) is 40.0 Å². The monoisotopic (exact) mass is 405 g/mol. The number of fused-ring (bicyclic) bond motifs is 1. The second-order valence-electron chi connectivity index (χ2n) is 7.82. The second kappa shape index (κ2) is 8.61. The van der Waals surface area contributed by atoms with Crippen molar-refractivity contribution < 1.29 is 9.18 Å². The van der Waals surface area contributed by atoms with Gasteiger partial charge in [0.15, 0.2) is 0 Å². The largest absolute Gasteiger partial charge is 0.352 e. The maximum absolute atomic E-state index is 13.7. The van der Waals surface area contributed by atoms with E-state index in [0.717, 1.165) is 29.7 Å². The summed E-state index contributed by atoms with van der Waals surface area (Å²) in [7, 11) is 0. The Bertz CT molecular complexity index is 1130. The molecule has 2 aromatic carbocycles. The van der Waals surface area contributed by atoms with Crippen LogP contribution in [0.2, 0.25) is 0 Å². The van der Waals surface area contributed by atoms with E-state index in [9.17, 15) is 14.0 Å². The van der Waals surface area contributed by atoms with E-state index in [1.165, 1.54) is 6.07 Å². The summed E-state index contributed by atoms with van der Waals surface area (Å²) in [5, 5.41) is 2.91. The van der Waals surface area contributed by atoms with Crippen LogP contribution in [0, 0.1) is 18.7 Å². The number of H-pyrrole nitrogens is 1. The average Bonchev–Trinajstić information content (AvgIpc) is 2.97. The Morgan fingerprint density at radius 2 is 1.93 bits per heavy atom. The van der Waals surface area contributed by atoms with E-state index in [1.807, 2.05) is 30.3 Å². The van der Waals surface area contributed by atoms with Crippen molar-refractivity contribution >= 4 is 5.91 Å². The molecule has 30 heavy (non-hydrogen) atoms. The number of aromatic nitrogens is 2. The van der Waals surface area contributed by atoms with Gasteiger partial charge in [-0.15, -0.1) is 0 Å². The second-order valence-corrected chi connectivity index (χ2v) is 7.82. The van der Waals surface area contributed by atoms with Gasteiger partial charge >= 0.3 is 0 Å². The molecule has 0 radical (unpaired) electrons. The molecule has 1 amide bonds. The Kier molecular flexibility index (Phi) is 5.74. The van der Waals surface area contributed by atoms with Crippen LogP contribution in [0.25, 0.3) is 11.4 Å². The highest BCUT2D eigenvalue weighted by Gasteiger charge is 2.21. The van der Waals surface area contributed by atoms with E-state index in [0.29, 0.717) is 36.3 Å². The minimum absolute atomic E-state index is 0.0846. The summed E-state index contributed by atoms with van der Waals surface area (Å²) in [6, 6.07) is 14.1. The highest BCUT2D eigenvalue weighted by atomic mass is 19.1. The molecule has 0 aliphatic heterocycles. The van der Waals surface area contributed by atoms with Crippen LogP contribution in [0.4, 0.5) is 4.39 Å². The maximum atomic E-state index is 13.7. The number of amides is 1. The number of benzene rings is 2. The molecule has 1 unspecified atom stereocenters. The lowest BCUT2D eigenvalue weighted by Crippen LogP contribution is -2.29. The fourth-order valence-electron chi connectivity index (χ4n) is 3.85. The number of halogens is 1. The molecule has 0 saturated carbocycles. The molecule has 3 aromatic rings. The molecule has 1 aliphatic rings. The van der Waals surface area contributed by atoms with Crippen LogP contribution in [0.15, 0.2) is 53.3 Å². The van der Waals surface area contributed by atoms with Gasteiger partial charge in [0.05, 0.1) is 5.69 Å². The van der Waals surface area contributed by atoms with E-state index in [1.54, 1.807) is 19.1 Å². The third-order valence-electron chi connectivity index (χ3n) is 5.73. The van der Waals surface area contributed by atoms with Gasteiger partial charge in [0, 0.05) is 23.2 Å². The standard InChI is InChI=1S/C24H24FN3O2/c1-15-7-10-18(13-20(15)25)23(29)26-14-16-8-11-19-21(12-9-16)27-22(28-24(19)30)17-5-3-2-4-6-17/h2-7,10,13,16H,8-9,11-12,14H2,1H3,(H,26,29)(H,27,28,30). The highest BCUT2D eigenvalue weighted by molar-refractivity contribution is 5.94. The number of hydrogen-bond acceptors (Lipinski definition) is 3. The predicted octanol–water partition coefficient (Wildman–Crippen LogP) is 3.81. The van der Waals surface area contributed by atoms with Crippen molar-refractivity contribution in [3.8, 4) is 11.4 Å². The zero-order valence-electron chi connectivity index (χ0n) is 16.9. The molecule has 2 N–H and O–H groups in total. The Balaban J connectivity index is 1.43. The van der Waals surface area contributed by atoms with Gasteiger partial charge in [0.25, 0.3) is 11.5 Å². The quantitative estimate of drug-likeness (QED) is 0.648. The van der Waals surface area contributed by atoms with Crippen LogP contribution in [-0.2, 0) is 12.8 Å². The predicted molar refractivity (Wildman–Crippen MR) is 114 cm³/mol. The van der Waals surface area contributed by atoms with Crippen molar-refractivity contribution in [2.24, 2.45) is 5.92 Å². The number of carbonyl (C=O) groups excluding carboxylic acids is 1. The molecule has 1 atom stereocenters. The normalized spacial score (nSPS) is 15.9. The summed E-state index contributed by atoms with van der Waals surface area (Å²) in [6.07, 6.45) is 2.95. The van der Waals surface area contributed by atoms with Crippen molar-refractivity contribution in [1.29, 1.82) is 0 Å². The van der Waals surface area contributed by atoms with Gasteiger partial charge in [0.2, 0.25) is 0 Å². The Hall–Kier alpha value is -3.28. The summed E-state index contributed by atoms with van der Waals surface area (Å²) in [5.41, 5.74) is 3.21. The average molecular weight is 405 g/mol. The fourth-order valence-corrected chi connectivity index (χ4v) is 3.85. The van der Waals surface area contributed by atoms with Crippen molar-refractivity contribution in [2.75, 3.05) is 6.54 Å². The lowest BCUT2D eigenvalue weighted by molar-refractivity contribution is 0.0945. The number of nitrogens with zero attached hydrogens (tertiary/aromatic N) is 1. The SMILES string of the molecule is Cc1ccc(C(=O)NCC2CCc3nc(-c4ccccc4)[nH]c(=O)c3CC2)cc1F. The van der Waals surface area contributed by atoms with Crippen LogP contribution < -0.4 is 10.9 Å². The molecule has 0 bridgehead atoms. The van der Waals surface area contributed by atoms with Gasteiger partial charge < -0.3 is 10.3 Å². The van der Waals surface area contributed by atoms with Gasteiger partial charge in [-0.3, -0.25) is 9.59 Å². The van der Waals surface area contributed by atoms with Crippen molar-refractivity contribution in [2.45, 2.75) is 32.6 Å². The number of nitrogens with one attached hydrogen (secondary N) is 2. The number of carbonyl (C=O) groups is 1. The number of aryl methyl sites for hydroxylation is 2. The summed E-state index contributed by atoms with van der Waals surface area (Å²) >= 11 is 0. The van der Waals surface area contributed by atoms with Gasteiger partial charge in [0.1, 0.15) is 11.6 Å². The molecule has 1 aromatic heterocycles. The lowest BCUT2D eigenvalue weighted by atomic mass is 9.99. The summed E-state index contributed by atoms with van der Waals surface area (Å²) in [6.45, 7) is 2.16. The topological polar surface area (TPSA) is 74.8 Å². The molecular weight excluding hydrogens is 381 g/mol. The Labute approximate surface area is 174 Å². The first-order valence-electron chi connectivity index (χ1n) is 10.2. The molecule has 1 aliphatic carbocycles. The molecule has 4 rings (SSSR count). The first kappa shape index (κ1) is 20.0. The Morgan fingerprint density at radius 1 is 1.17 bits per heavy atom. The number of hydrogen-bond donors (Lipinski definition) is 2.